The fourth-order valence-corrected chi connectivity index (χ4v) is 3.81. The molecule has 2 N–H and O–H groups in total. The Morgan fingerprint density at radius 3 is 2.60 bits per heavy atom. The van der Waals surface area contributed by atoms with Gasteiger partial charge in [-0.05, 0) is 42.7 Å². The topological polar surface area (TPSA) is 79.3 Å². The zero-order valence-electron chi connectivity index (χ0n) is 11.9. The first-order chi connectivity index (χ1) is 9.42. The van der Waals surface area contributed by atoms with Crippen molar-refractivity contribution in [3.8, 4) is 0 Å². The molecule has 5 nitrogen and oxygen atoms in total. The average Bonchev–Trinajstić information content (AvgIpc) is 2.43. The lowest BCUT2D eigenvalue weighted by Gasteiger charge is -2.32. The predicted molar refractivity (Wildman–Crippen MR) is 76.4 cm³/mol. The van der Waals surface area contributed by atoms with E-state index in [1.54, 1.807) is 6.07 Å². The minimum Gasteiger partial charge on any atom is -0.392 e. The summed E-state index contributed by atoms with van der Waals surface area (Å²) < 4.78 is 27.3. The molecule has 3 atom stereocenters. The van der Waals surface area contributed by atoms with Crippen LogP contribution in [0, 0.1) is 11.8 Å². The van der Waals surface area contributed by atoms with Gasteiger partial charge in [0.2, 0.25) is 0 Å². The average molecular weight is 298 g/mol. The van der Waals surface area contributed by atoms with Crippen LogP contribution in [0.4, 0.5) is 0 Å². The summed E-state index contributed by atoms with van der Waals surface area (Å²) in [6.45, 7) is 4.24. The van der Waals surface area contributed by atoms with Crippen LogP contribution in [0.1, 0.15) is 38.7 Å². The zero-order chi connectivity index (χ0) is 14.8. The zero-order valence-corrected chi connectivity index (χ0v) is 12.7. The fourth-order valence-electron chi connectivity index (χ4n) is 2.60. The van der Waals surface area contributed by atoms with Crippen molar-refractivity contribution in [3.63, 3.8) is 0 Å². The number of pyridine rings is 1. The summed E-state index contributed by atoms with van der Waals surface area (Å²) in [6, 6.07) is 3.00. The van der Waals surface area contributed by atoms with Crippen molar-refractivity contribution in [2.24, 2.45) is 11.8 Å². The summed E-state index contributed by atoms with van der Waals surface area (Å²) in [7, 11) is -3.57. The Labute approximate surface area is 120 Å². The fraction of sp³-hybridized carbons (Fsp3) is 0.643. The molecule has 2 rings (SSSR count). The first kappa shape index (κ1) is 15.4. The van der Waals surface area contributed by atoms with Crippen LogP contribution < -0.4 is 4.72 Å². The third-order valence-corrected chi connectivity index (χ3v) is 5.61. The quantitative estimate of drug-likeness (QED) is 0.886. The SMILES string of the molecule is CC1CCC(NS(=O)(=O)c2ccc(CO)cn2)CC1C. The largest absolute Gasteiger partial charge is 0.392 e. The van der Waals surface area contributed by atoms with Crippen molar-refractivity contribution in [1.29, 1.82) is 0 Å². The maximum Gasteiger partial charge on any atom is 0.258 e. The number of aliphatic hydroxyl groups excluding tert-OH is 1. The Morgan fingerprint density at radius 1 is 1.30 bits per heavy atom. The molecule has 0 saturated heterocycles. The molecule has 112 valence electrons. The second kappa shape index (κ2) is 6.20. The lowest BCUT2D eigenvalue weighted by molar-refractivity contribution is 0.241. The third-order valence-electron chi connectivity index (χ3n) is 4.18. The van der Waals surface area contributed by atoms with E-state index in [9.17, 15) is 8.42 Å². The Balaban J connectivity index is 2.07. The second-order valence-corrected chi connectivity index (χ2v) is 7.41. The van der Waals surface area contributed by atoms with Crippen LogP contribution in [0.3, 0.4) is 0 Å². The van der Waals surface area contributed by atoms with Crippen LogP contribution >= 0.6 is 0 Å². The van der Waals surface area contributed by atoms with E-state index in [1.165, 1.54) is 12.3 Å². The summed E-state index contributed by atoms with van der Waals surface area (Å²) in [5.74, 6) is 1.18. The summed E-state index contributed by atoms with van der Waals surface area (Å²) >= 11 is 0. The Bertz CT molecular complexity index is 542. The highest BCUT2D eigenvalue weighted by Gasteiger charge is 2.28. The number of hydrogen-bond donors (Lipinski definition) is 2. The van der Waals surface area contributed by atoms with Crippen LogP contribution in [-0.2, 0) is 16.6 Å². The van der Waals surface area contributed by atoms with E-state index in [0.717, 1.165) is 19.3 Å². The lowest BCUT2D eigenvalue weighted by Crippen LogP contribution is -2.40. The van der Waals surface area contributed by atoms with Crippen LogP contribution in [-0.4, -0.2) is 24.6 Å². The van der Waals surface area contributed by atoms with Crippen molar-refractivity contribution in [1.82, 2.24) is 9.71 Å². The van der Waals surface area contributed by atoms with Crippen molar-refractivity contribution in [2.75, 3.05) is 0 Å². The number of nitrogens with zero attached hydrogens (tertiary/aromatic N) is 1. The molecule has 0 aliphatic heterocycles. The van der Waals surface area contributed by atoms with E-state index >= 15 is 0 Å². The van der Waals surface area contributed by atoms with Crippen molar-refractivity contribution in [3.05, 3.63) is 23.9 Å². The number of sulfonamides is 1. The smallest absolute Gasteiger partial charge is 0.258 e. The predicted octanol–water partition coefficient (Wildman–Crippen LogP) is 1.68. The van der Waals surface area contributed by atoms with Gasteiger partial charge in [-0.2, -0.15) is 0 Å². The molecule has 0 aromatic carbocycles. The number of aromatic nitrogens is 1. The first-order valence-corrected chi connectivity index (χ1v) is 8.49. The van der Waals surface area contributed by atoms with Gasteiger partial charge in [0.25, 0.3) is 10.0 Å². The van der Waals surface area contributed by atoms with Gasteiger partial charge in [0.05, 0.1) is 6.61 Å². The summed E-state index contributed by atoms with van der Waals surface area (Å²) in [4.78, 5) is 3.91. The Hall–Kier alpha value is -0.980. The van der Waals surface area contributed by atoms with E-state index in [0.29, 0.717) is 17.4 Å². The van der Waals surface area contributed by atoms with E-state index < -0.39 is 10.0 Å². The number of nitrogens with one attached hydrogen (secondary N) is 1. The van der Waals surface area contributed by atoms with Crippen molar-refractivity contribution in [2.45, 2.75) is 50.8 Å². The highest BCUT2D eigenvalue weighted by molar-refractivity contribution is 7.89. The maximum atomic E-state index is 12.3. The minimum atomic E-state index is -3.57. The van der Waals surface area contributed by atoms with Crippen LogP contribution in [0.5, 0.6) is 0 Å². The molecule has 0 radical (unpaired) electrons. The van der Waals surface area contributed by atoms with E-state index in [2.05, 4.69) is 23.6 Å². The highest BCUT2D eigenvalue weighted by Crippen LogP contribution is 2.29. The minimum absolute atomic E-state index is 0.00878. The molecule has 6 heteroatoms. The standard InChI is InChI=1S/C14H22N2O3S/c1-10-3-5-13(7-11(10)2)16-20(18,19)14-6-4-12(9-17)8-15-14/h4,6,8,10-11,13,16-17H,3,5,7,9H2,1-2H3. The highest BCUT2D eigenvalue weighted by atomic mass is 32.2. The second-order valence-electron chi connectivity index (χ2n) is 5.75. The monoisotopic (exact) mass is 298 g/mol. The molecule has 1 aliphatic carbocycles. The molecule has 0 spiro atoms. The van der Waals surface area contributed by atoms with Gasteiger partial charge in [-0.3, -0.25) is 0 Å². The van der Waals surface area contributed by atoms with Gasteiger partial charge in [0, 0.05) is 12.2 Å². The molecule has 1 aromatic rings. The molecular weight excluding hydrogens is 276 g/mol. The van der Waals surface area contributed by atoms with Crippen LogP contribution in [0.15, 0.2) is 23.4 Å². The Kier molecular flexibility index (Phi) is 4.78. The van der Waals surface area contributed by atoms with Gasteiger partial charge in [-0.1, -0.05) is 19.9 Å². The van der Waals surface area contributed by atoms with Gasteiger partial charge in [0.1, 0.15) is 0 Å². The number of rotatable bonds is 4. The molecule has 1 aliphatic rings. The van der Waals surface area contributed by atoms with Gasteiger partial charge >= 0.3 is 0 Å². The van der Waals surface area contributed by atoms with Gasteiger partial charge in [-0.25, -0.2) is 18.1 Å². The maximum absolute atomic E-state index is 12.3. The summed E-state index contributed by atoms with van der Waals surface area (Å²) in [6.07, 6.45) is 4.18. The molecule has 1 heterocycles. The molecule has 0 bridgehead atoms. The molecule has 0 amide bonds. The van der Waals surface area contributed by atoms with Gasteiger partial charge in [0.15, 0.2) is 5.03 Å². The summed E-state index contributed by atoms with van der Waals surface area (Å²) in [5.41, 5.74) is 0.601. The Morgan fingerprint density at radius 2 is 2.05 bits per heavy atom. The number of hydrogen-bond acceptors (Lipinski definition) is 4. The number of aliphatic hydroxyl groups is 1. The summed E-state index contributed by atoms with van der Waals surface area (Å²) in [5, 5.41) is 8.96. The van der Waals surface area contributed by atoms with Crippen molar-refractivity contribution < 1.29 is 13.5 Å². The van der Waals surface area contributed by atoms with Crippen LogP contribution in [0.25, 0.3) is 0 Å². The van der Waals surface area contributed by atoms with Crippen LogP contribution in [0.2, 0.25) is 0 Å². The molecule has 1 aromatic heterocycles. The third kappa shape index (κ3) is 3.56. The van der Waals surface area contributed by atoms with Gasteiger partial charge < -0.3 is 5.11 Å². The van der Waals surface area contributed by atoms with E-state index in [1.807, 2.05) is 0 Å². The molecule has 1 fully saturated rings. The molecular formula is C14H22N2O3S. The van der Waals surface area contributed by atoms with Gasteiger partial charge in [-0.15, -0.1) is 0 Å². The first-order valence-electron chi connectivity index (χ1n) is 7.00. The van der Waals surface area contributed by atoms with E-state index in [-0.39, 0.29) is 17.7 Å². The lowest BCUT2D eigenvalue weighted by atomic mass is 9.79. The van der Waals surface area contributed by atoms with E-state index in [4.69, 9.17) is 5.11 Å². The molecule has 1 saturated carbocycles. The normalized spacial score (nSPS) is 27.4. The van der Waals surface area contributed by atoms with Crippen molar-refractivity contribution >= 4 is 10.0 Å². The molecule has 20 heavy (non-hydrogen) atoms. The molecule has 3 unspecified atom stereocenters.